The number of pyridine rings is 1. The number of thiophene rings is 1. The number of rotatable bonds is 5. The summed E-state index contributed by atoms with van der Waals surface area (Å²) in [4.78, 5) is 30.4. The first-order valence-electron chi connectivity index (χ1n) is 9.05. The molecule has 0 bridgehead atoms. The lowest BCUT2D eigenvalue weighted by Gasteiger charge is -2.11. The van der Waals surface area contributed by atoms with Gasteiger partial charge >= 0.3 is 5.97 Å². The molecular weight excluding hydrogens is 384 g/mol. The van der Waals surface area contributed by atoms with Crippen molar-refractivity contribution in [3.8, 4) is 11.3 Å². The van der Waals surface area contributed by atoms with Crippen molar-refractivity contribution in [3.05, 3.63) is 88.1 Å². The quantitative estimate of drug-likeness (QED) is 0.492. The maximum absolute atomic E-state index is 13.0. The van der Waals surface area contributed by atoms with Crippen LogP contribution in [0.15, 0.2) is 72.1 Å². The normalized spacial score (nSPS) is 10.7. The molecule has 1 amide bonds. The first-order chi connectivity index (χ1) is 14.2. The second kappa shape index (κ2) is 8.24. The van der Waals surface area contributed by atoms with Gasteiger partial charge in [0.1, 0.15) is 0 Å². The fraction of sp³-hybridized carbons (Fsp3) is 0.0870. The highest BCUT2D eigenvalue weighted by atomic mass is 32.1. The number of aromatic nitrogens is 1. The Labute approximate surface area is 172 Å². The van der Waals surface area contributed by atoms with Crippen LogP contribution in [-0.4, -0.2) is 24.0 Å². The third kappa shape index (κ3) is 3.88. The third-order valence-corrected chi connectivity index (χ3v) is 5.51. The number of benzene rings is 2. The Bertz CT molecular complexity index is 1190. The highest BCUT2D eigenvalue weighted by Crippen LogP contribution is 2.25. The van der Waals surface area contributed by atoms with E-state index in [-0.39, 0.29) is 12.5 Å². The molecule has 0 fully saturated rings. The van der Waals surface area contributed by atoms with Crippen LogP contribution < -0.4 is 5.32 Å². The van der Waals surface area contributed by atoms with Crippen LogP contribution in [0.4, 0.5) is 0 Å². The molecule has 29 heavy (non-hydrogen) atoms. The SMILES string of the molecule is COC(=O)c1ccsc1CNC(=O)c1cc(-c2ccccc2)nc2ccccc12. The second-order valence-electron chi connectivity index (χ2n) is 6.37. The summed E-state index contributed by atoms with van der Waals surface area (Å²) in [5.74, 6) is -0.624. The van der Waals surface area contributed by atoms with Gasteiger partial charge in [-0.3, -0.25) is 4.79 Å². The molecule has 144 valence electrons. The van der Waals surface area contributed by atoms with Crippen molar-refractivity contribution >= 4 is 34.1 Å². The van der Waals surface area contributed by atoms with Crippen LogP contribution >= 0.6 is 11.3 Å². The molecule has 0 aliphatic heterocycles. The molecule has 1 N–H and O–H groups in total. The van der Waals surface area contributed by atoms with Gasteiger partial charge < -0.3 is 10.1 Å². The lowest BCUT2D eigenvalue weighted by molar-refractivity contribution is 0.0599. The van der Waals surface area contributed by atoms with Crippen LogP contribution in [0.2, 0.25) is 0 Å². The summed E-state index contributed by atoms with van der Waals surface area (Å²) in [6, 6.07) is 20.8. The van der Waals surface area contributed by atoms with Gasteiger partial charge in [0.25, 0.3) is 5.91 Å². The maximum Gasteiger partial charge on any atom is 0.339 e. The predicted octanol–water partition coefficient (Wildman–Crippen LogP) is 4.68. The molecule has 0 atom stereocenters. The van der Waals surface area contributed by atoms with Gasteiger partial charge in [0.05, 0.1) is 36.0 Å². The Hall–Kier alpha value is -3.51. The van der Waals surface area contributed by atoms with Gasteiger partial charge in [-0.25, -0.2) is 9.78 Å². The summed E-state index contributed by atoms with van der Waals surface area (Å²) in [5.41, 5.74) is 3.46. The van der Waals surface area contributed by atoms with Crippen molar-refractivity contribution in [1.29, 1.82) is 0 Å². The van der Waals surface area contributed by atoms with Crippen LogP contribution in [0.3, 0.4) is 0 Å². The number of fused-ring (bicyclic) bond motifs is 1. The summed E-state index contributed by atoms with van der Waals surface area (Å²) in [6.07, 6.45) is 0. The first kappa shape index (κ1) is 18.8. The van der Waals surface area contributed by atoms with Gasteiger partial charge in [-0.05, 0) is 23.6 Å². The average molecular weight is 402 g/mol. The van der Waals surface area contributed by atoms with Gasteiger partial charge in [-0.15, -0.1) is 11.3 Å². The van der Waals surface area contributed by atoms with E-state index in [4.69, 9.17) is 9.72 Å². The molecule has 0 unspecified atom stereocenters. The number of carbonyl (C=O) groups excluding carboxylic acids is 2. The topological polar surface area (TPSA) is 68.3 Å². The molecule has 2 heterocycles. The van der Waals surface area contributed by atoms with E-state index in [1.807, 2.05) is 66.0 Å². The fourth-order valence-electron chi connectivity index (χ4n) is 3.15. The van der Waals surface area contributed by atoms with E-state index >= 15 is 0 Å². The van der Waals surface area contributed by atoms with Gasteiger partial charge in [0, 0.05) is 15.8 Å². The number of hydrogen-bond donors (Lipinski definition) is 1. The van der Waals surface area contributed by atoms with Crippen LogP contribution in [0.5, 0.6) is 0 Å². The minimum Gasteiger partial charge on any atom is -0.465 e. The Kier molecular flexibility index (Phi) is 5.35. The van der Waals surface area contributed by atoms with Crippen molar-refractivity contribution in [1.82, 2.24) is 10.3 Å². The fourth-order valence-corrected chi connectivity index (χ4v) is 3.95. The molecular formula is C23H18N2O3S. The number of hydrogen-bond acceptors (Lipinski definition) is 5. The first-order valence-corrected chi connectivity index (χ1v) is 9.93. The lowest BCUT2D eigenvalue weighted by atomic mass is 10.0. The number of nitrogens with zero attached hydrogens (tertiary/aromatic N) is 1. The van der Waals surface area contributed by atoms with Crippen molar-refractivity contribution in [2.75, 3.05) is 7.11 Å². The number of esters is 1. The standard InChI is InChI=1S/C23H18N2O3S/c1-28-23(27)17-11-12-29-21(17)14-24-22(26)18-13-20(15-7-3-2-4-8-15)25-19-10-6-5-9-16(18)19/h2-13H,14H2,1H3,(H,24,26). The zero-order valence-corrected chi connectivity index (χ0v) is 16.5. The minimum atomic E-state index is -0.406. The summed E-state index contributed by atoms with van der Waals surface area (Å²) in [7, 11) is 1.34. The molecule has 4 rings (SSSR count). The predicted molar refractivity (Wildman–Crippen MR) is 114 cm³/mol. The van der Waals surface area contributed by atoms with E-state index in [0.29, 0.717) is 11.1 Å². The largest absolute Gasteiger partial charge is 0.465 e. The number of ether oxygens (including phenoxy) is 1. The third-order valence-electron chi connectivity index (χ3n) is 4.59. The molecule has 4 aromatic rings. The Morgan fingerprint density at radius 2 is 1.76 bits per heavy atom. The summed E-state index contributed by atoms with van der Waals surface area (Å²) < 4.78 is 4.80. The highest BCUT2D eigenvalue weighted by molar-refractivity contribution is 7.10. The zero-order valence-electron chi connectivity index (χ0n) is 15.7. The molecule has 2 aromatic carbocycles. The molecule has 0 spiro atoms. The van der Waals surface area contributed by atoms with Gasteiger partial charge in [-0.2, -0.15) is 0 Å². The molecule has 0 aliphatic carbocycles. The number of amides is 1. The summed E-state index contributed by atoms with van der Waals surface area (Å²) >= 11 is 1.41. The average Bonchev–Trinajstić information content (AvgIpc) is 3.25. The molecule has 0 saturated carbocycles. The molecule has 2 aromatic heterocycles. The van der Waals surface area contributed by atoms with Crippen LogP contribution in [0.1, 0.15) is 25.6 Å². The van der Waals surface area contributed by atoms with E-state index in [1.54, 1.807) is 6.07 Å². The van der Waals surface area contributed by atoms with E-state index in [0.717, 1.165) is 27.0 Å². The van der Waals surface area contributed by atoms with E-state index in [9.17, 15) is 9.59 Å². The molecule has 0 aliphatic rings. The molecule has 0 saturated heterocycles. The van der Waals surface area contributed by atoms with E-state index < -0.39 is 5.97 Å². The van der Waals surface area contributed by atoms with E-state index in [1.165, 1.54) is 18.4 Å². The lowest BCUT2D eigenvalue weighted by Crippen LogP contribution is -2.23. The van der Waals surface area contributed by atoms with Gasteiger partial charge in [0.2, 0.25) is 0 Å². The van der Waals surface area contributed by atoms with Gasteiger partial charge in [-0.1, -0.05) is 48.5 Å². The minimum absolute atomic E-state index is 0.218. The number of para-hydroxylation sites is 1. The van der Waals surface area contributed by atoms with E-state index in [2.05, 4.69) is 5.32 Å². The second-order valence-corrected chi connectivity index (χ2v) is 7.37. The summed E-state index contributed by atoms with van der Waals surface area (Å²) in [6.45, 7) is 0.248. The van der Waals surface area contributed by atoms with Crippen LogP contribution in [0, 0.1) is 0 Å². The maximum atomic E-state index is 13.0. The number of carbonyl (C=O) groups is 2. The van der Waals surface area contributed by atoms with Crippen molar-refractivity contribution in [3.63, 3.8) is 0 Å². The van der Waals surface area contributed by atoms with Crippen LogP contribution in [0.25, 0.3) is 22.2 Å². The Morgan fingerprint density at radius 3 is 2.55 bits per heavy atom. The van der Waals surface area contributed by atoms with Gasteiger partial charge in [0.15, 0.2) is 0 Å². The van der Waals surface area contributed by atoms with Crippen LogP contribution in [-0.2, 0) is 11.3 Å². The Morgan fingerprint density at radius 1 is 1.00 bits per heavy atom. The molecule has 6 heteroatoms. The summed E-state index contributed by atoms with van der Waals surface area (Å²) in [5, 5.41) is 5.52. The van der Waals surface area contributed by atoms with Crippen molar-refractivity contribution in [2.24, 2.45) is 0 Å². The highest BCUT2D eigenvalue weighted by Gasteiger charge is 2.17. The monoisotopic (exact) mass is 402 g/mol. The molecule has 5 nitrogen and oxygen atoms in total. The number of methoxy groups -OCH3 is 1. The van der Waals surface area contributed by atoms with Crippen molar-refractivity contribution < 1.29 is 14.3 Å². The van der Waals surface area contributed by atoms with Crippen molar-refractivity contribution in [2.45, 2.75) is 6.54 Å². The zero-order chi connectivity index (χ0) is 20.2. The Balaban J connectivity index is 1.67. The number of nitrogens with one attached hydrogen (secondary N) is 1. The smallest absolute Gasteiger partial charge is 0.339 e. The molecule has 0 radical (unpaired) electrons.